The van der Waals surface area contributed by atoms with Gasteiger partial charge in [0.25, 0.3) is 0 Å². The minimum Gasteiger partial charge on any atom is -0.481 e. The van der Waals surface area contributed by atoms with Crippen LogP contribution >= 0.6 is 0 Å². The van der Waals surface area contributed by atoms with Crippen LogP contribution in [0.3, 0.4) is 0 Å². The van der Waals surface area contributed by atoms with E-state index in [1.54, 1.807) is 11.9 Å². The number of rotatable bonds is 4. The number of hydrogen-bond donors (Lipinski definition) is 2. The molecule has 3 aliphatic carbocycles. The maximum Gasteiger partial charge on any atom is 0.307 e. The minimum absolute atomic E-state index is 0.00980. The zero-order valence-electron chi connectivity index (χ0n) is 12.4. The van der Waals surface area contributed by atoms with Gasteiger partial charge in [0.05, 0.1) is 17.4 Å². The second kappa shape index (κ2) is 5.13. The van der Waals surface area contributed by atoms with Crippen LogP contribution in [-0.4, -0.2) is 46.2 Å². The summed E-state index contributed by atoms with van der Waals surface area (Å²) in [5.41, 5.74) is -0.781. The highest BCUT2D eigenvalue weighted by atomic mass is 16.4. The van der Waals surface area contributed by atoms with E-state index in [0.29, 0.717) is 6.54 Å². The van der Waals surface area contributed by atoms with E-state index in [0.717, 1.165) is 32.1 Å². The van der Waals surface area contributed by atoms with Gasteiger partial charge in [-0.1, -0.05) is 25.0 Å². The molecule has 4 atom stereocenters. The largest absolute Gasteiger partial charge is 0.481 e. The van der Waals surface area contributed by atoms with Crippen molar-refractivity contribution in [1.82, 2.24) is 4.90 Å². The van der Waals surface area contributed by atoms with Gasteiger partial charge in [-0.05, 0) is 31.1 Å². The standard InChI is InChI=1S/C16H23NO4/c1-17(9-16(21)6-2-3-7-16)14(18)12-10-4-5-11(8-10)13(12)15(19)20/h4-5,10-13,21H,2-3,6-9H2,1H3,(H,19,20). The number of carboxylic acids is 1. The highest BCUT2D eigenvalue weighted by Gasteiger charge is 2.52. The summed E-state index contributed by atoms with van der Waals surface area (Å²) < 4.78 is 0. The van der Waals surface area contributed by atoms with Crippen molar-refractivity contribution >= 4 is 11.9 Å². The molecule has 0 heterocycles. The molecule has 5 nitrogen and oxygen atoms in total. The summed E-state index contributed by atoms with van der Waals surface area (Å²) in [6.07, 6.45) is 8.14. The number of hydrogen-bond acceptors (Lipinski definition) is 3. The van der Waals surface area contributed by atoms with E-state index in [4.69, 9.17) is 0 Å². The summed E-state index contributed by atoms with van der Waals surface area (Å²) in [5.74, 6) is -2.04. The second-order valence-electron chi connectivity index (χ2n) is 6.96. The Kier molecular flexibility index (Phi) is 3.56. The van der Waals surface area contributed by atoms with Crippen molar-refractivity contribution in [1.29, 1.82) is 0 Å². The Hall–Kier alpha value is -1.36. The molecule has 21 heavy (non-hydrogen) atoms. The molecule has 5 heteroatoms. The van der Waals surface area contributed by atoms with Crippen molar-refractivity contribution in [2.24, 2.45) is 23.7 Å². The molecular weight excluding hydrogens is 270 g/mol. The number of carbonyl (C=O) groups excluding carboxylic acids is 1. The van der Waals surface area contributed by atoms with Gasteiger partial charge in [-0.3, -0.25) is 9.59 Å². The van der Waals surface area contributed by atoms with E-state index in [1.807, 2.05) is 12.2 Å². The van der Waals surface area contributed by atoms with Gasteiger partial charge in [-0.2, -0.15) is 0 Å². The van der Waals surface area contributed by atoms with Gasteiger partial charge >= 0.3 is 5.97 Å². The van der Waals surface area contributed by atoms with Crippen molar-refractivity contribution in [2.45, 2.75) is 37.7 Å². The van der Waals surface area contributed by atoms with E-state index in [9.17, 15) is 19.8 Å². The smallest absolute Gasteiger partial charge is 0.307 e. The number of amides is 1. The average Bonchev–Trinajstić information content (AvgIpc) is 3.12. The molecule has 116 valence electrons. The molecule has 0 aromatic rings. The van der Waals surface area contributed by atoms with Gasteiger partial charge in [0.15, 0.2) is 0 Å². The summed E-state index contributed by atoms with van der Waals surface area (Å²) in [6.45, 7) is 0.315. The van der Waals surface area contributed by atoms with Crippen LogP contribution in [-0.2, 0) is 9.59 Å². The zero-order valence-corrected chi connectivity index (χ0v) is 12.4. The lowest BCUT2D eigenvalue weighted by Gasteiger charge is -2.33. The molecule has 2 saturated carbocycles. The third kappa shape index (κ3) is 2.48. The quantitative estimate of drug-likeness (QED) is 0.765. The first-order valence-corrected chi connectivity index (χ1v) is 7.80. The van der Waals surface area contributed by atoms with Crippen LogP contribution < -0.4 is 0 Å². The van der Waals surface area contributed by atoms with Crippen LogP contribution in [0.15, 0.2) is 12.2 Å². The summed E-state index contributed by atoms with van der Waals surface area (Å²) in [7, 11) is 1.69. The van der Waals surface area contributed by atoms with E-state index in [-0.39, 0.29) is 17.7 Å². The molecule has 0 saturated heterocycles. The molecule has 3 rings (SSSR count). The first-order chi connectivity index (χ1) is 9.91. The van der Waals surface area contributed by atoms with Crippen molar-refractivity contribution in [2.75, 3.05) is 13.6 Å². The first-order valence-electron chi connectivity index (χ1n) is 7.80. The van der Waals surface area contributed by atoms with Gasteiger partial charge in [-0.15, -0.1) is 0 Å². The van der Waals surface area contributed by atoms with Crippen molar-refractivity contribution < 1.29 is 19.8 Å². The molecule has 1 amide bonds. The number of carboxylic acid groups (broad SMARTS) is 1. The normalized spacial score (nSPS) is 36.1. The third-order valence-electron chi connectivity index (χ3n) is 5.47. The summed E-state index contributed by atoms with van der Waals surface area (Å²) in [4.78, 5) is 25.7. The zero-order chi connectivity index (χ0) is 15.2. The average molecular weight is 293 g/mol. The maximum atomic E-state index is 12.7. The highest BCUT2D eigenvalue weighted by Crippen LogP contribution is 2.48. The number of fused-ring (bicyclic) bond motifs is 2. The highest BCUT2D eigenvalue weighted by molar-refractivity contribution is 5.86. The third-order valence-corrected chi connectivity index (χ3v) is 5.47. The van der Waals surface area contributed by atoms with Crippen molar-refractivity contribution in [3.05, 3.63) is 12.2 Å². The molecule has 3 aliphatic rings. The van der Waals surface area contributed by atoms with E-state index >= 15 is 0 Å². The van der Waals surface area contributed by atoms with Gasteiger partial charge < -0.3 is 15.1 Å². The SMILES string of the molecule is CN(CC1(O)CCCC1)C(=O)C1C2C=CC(C2)C1C(=O)O. The molecule has 4 unspecified atom stereocenters. The molecular formula is C16H23NO4. The Morgan fingerprint density at radius 2 is 1.76 bits per heavy atom. The van der Waals surface area contributed by atoms with E-state index in [1.165, 1.54) is 0 Å². The molecule has 2 bridgehead atoms. The van der Waals surface area contributed by atoms with Crippen LogP contribution in [0.4, 0.5) is 0 Å². The lowest BCUT2D eigenvalue weighted by Crippen LogP contribution is -2.47. The Morgan fingerprint density at radius 1 is 1.19 bits per heavy atom. The first kappa shape index (κ1) is 14.6. The Bertz CT molecular complexity index is 481. The summed E-state index contributed by atoms with van der Waals surface area (Å²) in [5, 5.41) is 19.9. The van der Waals surface area contributed by atoms with Crippen LogP contribution in [0.5, 0.6) is 0 Å². The number of aliphatic carboxylic acids is 1. The predicted molar refractivity (Wildman–Crippen MR) is 76.4 cm³/mol. The Balaban J connectivity index is 1.72. The van der Waals surface area contributed by atoms with Crippen LogP contribution in [0.25, 0.3) is 0 Å². The molecule has 0 spiro atoms. The van der Waals surface area contributed by atoms with Gasteiger partial charge in [-0.25, -0.2) is 0 Å². The molecule has 2 N–H and O–H groups in total. The monoisotopic (exact) mass is 293 g/mol. The fraction of sp³-hybridized carbons (Fsp3) is 0.750. The summed E-state index contributed by atoms with van der Waals surface area (Å²) >= 11 is 0. The number of allylic oxidation sites excluding steroid dienone is 2. The second-order valence-corrected chi connectivity index (χ2v) is 6.96. The number of nitrogens with zero attached hydrogens (tertiary/aromatic N) is 1. The van der Waals surface area contributed by atoms with Gasteiger partial charge in [0.2, 0.25) is 5.91 Å². The molecule has 0 aromatic carbocycles. The maximum absolute atomic E-state index is 12.7. The van der Waals surface area contributed by atoms with Crippen LogP contribution in [0.2, 0.25) is 0 Å². The van der Waals surface area contributed by atoms with E-state index in [2.05, 4.69) is 0 Å². The predicted octanol–water partition coefficient (Wildman–Crippen LogP) is 1.27. The van der Waals surface area contributed by atoms with Crippen molar-refractivity contribution in [3.63, 3.8) is 0 Å². The minimum atomic E-state index is -0.877. The molecule has 2 fully saturated rings. The topological polar surface area (TPSA) is 77.8 Å². The Labute approximate surface area is 124 Å². The van der Waals surface area contributed by atoms with Crippen molar-refractivity contribution in [3.8, 4) is 0 Å². The lowest BCUT2D eigenvalue weighted by molar-refractivity contribution is -0.151. The Morgan fingerprint density at radius 3 is 2.33 bits per heavy atom. The number of likely N-dealkylation sites (N-methyl/N-ethyl adjacent to an activating group) is 1. The molecule has 0 aliphatic heterocycles. The molecule has 0 aromatic heterocycles. The number of carbonyl (C=O) groups is 2. The number of aliphatic hydroxyl groups is 1. The van der Waals surface area contributed by atoms with E-state index < -0.39 is 23.4 Å². The van der Waals surface area contributed by atoms with Gasteiger partial charge in [0.1, 0.15) is 0 Å². The molecule has 0 radical (unpaired) electrons. The van der Waals surface area contributed by atoms with Crippen LogP contribution in [0.1, 0.15) is 32.1 Å². The van der Waals surface area contributed by atoms with Crippen LogP contribution in [0, 0.1) is 23.7 Å². The van der Waals surface area contributed by atoms with Gasteiger partial charge in [0, 0.05) is 13.6 Å². The fourth-order valence-corrected chi connectivity index (χ4v) is 4.46. The lowest BCUT2D eigenvalue weighted by atomic mass is 9.82. The summed E-state index contributed by atoms with van der Waals surface area (Å²) in [6, 6.07) is 0. The fourth-order valence-electron chi connectivity index (χ4n) is 4.46.